The first-order valence-electron chi connectivity index (χ1n) is 6.35. The quantitative estimate of drug-likeness (QED) is 0.801. The standard InChI is InChI=1S/C13H22N4/c1-10-8-12(9-14-11-4-5-11)16-13(15-10)6-7-17(2)3/h8,11,14H,4-7,9H2,1-3H3. The van der Waals surface area contributed by atoms with Crippen LogP contribution < -0.4 is 5.32 Å². The highest BCUT2D eigenvalue weighted by Gasteiger charge is 2.20. The smallest absolute Gasteiger partial charge is 0.130 e. The molecule has 1 fully saturated rings. The summed E-state index contributed by atoms with van der Waals surface area (Å²) in [6.45, 7) is 3.92. The summed E-state index contributed by atoms with van der Waals surface area (Å²) in [7, 11) is 4.15. The van der Waals surface area contributed by atoms with E-state index in [4.69, 9.17) is 0 Å². The van der Waals surface area contributed by atoms with Gasteiger partial charge in [0.05, 0.1) is 5.69 Å². The van der Waals surface area contributed by atoms with Crippen molar-refractivity contribution in [2.75, 3.05) is 20.6 Å². The van der Waals surface area contributed by atoms with Crippen molar-refractivity contribution < 1.29 is 0 Å². The summed E-state index contributed by atoms with van der Waals surface area (Å²) in [5.74, 6) is 0.964. The van der Waals surface area contributed by atoms with Crippen LogP contribution in [0.1, 0.15) is 30.1 Å². The molecule has 0 atom stereocenters. The van der Waals surface area contributed by atoms with Crippen LogP contribution in [-0.2, 0) is 13.0 Å². The Morgan fingerprint density at radius 2 is 2.12 bits per heavy atom. The van der Waals surface area contributed by atoms with Crippen LogP contribution in [0, 0.1) is 6.92 Å². The minimum atomic E-state index is 0.732. The molecule has 94 valence electrons. The van der Waals surface area contributed by atoms with E-state index in [1.54, 1.807) is 0 Å². The number of rotatable bonds is 6. The Morgan fingerprint density at radius 1 is 1.35 bits per heavy atom. The molecular weight excluding hydrogens is 212 g/mol. The number of hydrogen-bond donors (Lipinski definition) is 1. The zero-order valence-electron chi connectivity index (χ0n) is 11.0. The summed E-state index contributed by atoms with van der Waals surface area (Å²) < 4.78 is 0. The highest BCUT2D eigenvalue weighted by Crippen LogP contribution is 2.19. The summed E-state index contributed by atoms with van der Waals surface area (Å²) in [6, 6.07) is 2.81. The molecule has 0 radical (unpaired) electrons. The maximum atomic E-state index is 4.60. The monoisotopic (exact) mass is 234 g/mol. The van der Waals surface area contributed by atoms with Gasteiger partial charge in [0.25, 0.3) is 0 Å². The van der Waals surface area contributed by atoms with Gasteiger partial charge in [-0.3, -0.25) is 0 Å². The van der Waals surface area contributed by atoms with Crippen LogP contribution in [0.25, 0.3) is 0 Å². The topological polar surface area (TPSA) is 41.1 Å². The second kappa shape index (κ2) is 5.56. The molecule has 0 unspecified atom stereocenters. The number of nitrogens with one attached hydrogen (secondary N) is 1. The third-order valence-corrected chi connectivity index (χ3v) is 2.89. The molecule has 4 nitrogen and oxygen atoms in total. The zero-order valence-corrected chi connectivity index (χ0v) is 11.0. The Bertz CT molecular complexity index is 347. The summed E-state index contributed by atoms with van der Waals surface area (Å²) in [5.41, 5.74) is 2.19. The third-order valence-electron chi connectivity index (χ3n) is 2.89. The van der Waals surface area contributed by atoms with Crippen LogP contribution >= 0.6 is 0 Å². The van der Waals surface area contributed by atoms with E-state index < -0.39 is 0 Å². The van der Waals surface area contributed by atoms with Gasteiger partial charge < -0.3 is 10.2 Å². The molecule has 1 saturated carbocycles. The van der Waals surface area contributed by atoms with Crippen molar-refractivity contribution in [2.24, 2.45) is 0 Å². The predicted molar refractivity (Wildman–Crippen MR) is 68.9 cm³/mol. The molecule has 1 N–H and O–H groups in total. The number of nitrogens with zero attached hydrogens (tertiary/aromatic N) is 3. The summed E-state index contributed by atoms with van der Waals surface area (Å²) in [6.07, 6.45) is 3.56. The molecule has 0 amide bonds. The van der Waals surface area contributed by atoms with Gasteiger partial charge in [-0.05, 0) is 39.9 Å². The van der Waals surface area contributed by atoms with Crippen molar-refractivity contribution in [3.63, 3.8) is 0 Å². The van der Waals surface area contributed by atoms with Gasteiger partial charge in [-0.15, -0.1) is 0 Å². The fourth-order valence-corrected chi connectivity index (χ4v) is 1.76. The molecular formula is C13H22N4. The van der Waals surface area contributed by atoms with Crippen molar-refractivity contribution in [3.05, 3.63) is 23.3 Å². The van der Waals surface area contributed by atoms with Gasteiger partial charge in [0.2, 0.25) is 0 Å². The first kappa shape index (κ1) is 12.5. The minimum absolute atomic E-state index is 0.732. The van der Waals surface area contributed by atoms with E-state index in [1.165, 1.54) is 12.8 Å². The van der Waals surface area contributed by atoms with Crippen LogP contribution in [0.4, 0.5) is 0 Å². The van der Waals surface area contributed by atoms with E-state index >= 15 is 0 Å². The molecule has 0 bridgehead atoms. The Labute approximate surface area is 103 Å². The van der Waals surface area contributed by atoms with Crippen LogP contribution in [0.5, 0.6) is 0 Å². The van der Waals surface area contributed by atoms with E-state index in [1.807, 2.05) is 6.92 Å². The Morgan fingerprint density at radius 3 is 2.76 bits per heavy atom. The second-order valence-corrected chi connectivity index (χ2v) is 5.13. The van der Waals surface area contributed by atoms with E-state index in [-0.39, 0.29) is 0 Å². The van der Waals surface area contributed by atoms with Crippen LogP contribution in [-0.4, -0.2) is 41.5 Å². The molecule has 4 heteroatoms. The fourth-order valence-electron chi connectivity index (χ4n) is 1.76. The van der Waals surface area contributed by atoms with Crippen LogP contribution in [0.2, 0.25) is 0 Å². The lowest BCUT2D eigenvalue weighted by atomic mass is 10.3. The third kappa shape index (κ3) is 4.40. The Kier molecular flexibility index (Phi) is 4.07. The van der Waals surface area contributed by atoms with Gasteiger partial charge in [-0.25, -0.2) is 9.97 Å². The minimum Gasteiger partial charge on any atom is -0.309 e. The molecule has 1 aromatic rings. The van der Waals surface area contributed by atoms with Crippen LogP contribution in [0.15, 0.2) is 6.07 Å². The van der Waals surface area contributed by atoms with Gasteiger partial charge in [0.15, 0.2) is 0 Å². The molecule has 17 heavy (non-hydrogen) atoms. The lowest BCUT2D eigenvalue weighted by molar-refractivity contribution is 0.409. The van der Waals surface area contributed by atoms with Gasteiger partial charge in [0, 0.05) is 31.2 Å². The van der Waals surface area contributed by atoms with Gasteiger partial charge in [-0.1, -0.05) is 0 Å². The first-order chi connectivity index (χ1) is 8.13. The van der Waals surface area contributed by atoms with Gasteiger partial charge in [-0.2, -0.15) is 0 Å². The van der Waals surface area contributed by atoms with Crippen LogP contribution in [0.3, 0.4) is 0 Å². The highest BCUT2D eigenvalue weighted by molar-refractivity contribution is 5.10. The Hall–Kier alpha value is -1.00. The zero-order chi connectivity index (χ0) is 12.3. The number of hydrogen-bond acceptors (Lipinski definition) is 4. The lowest BCUT2D eigenvalue weighted by Crippen LogP contribution is -2.19. The van der Waals surface area contributed by atoms with E-state index in [0.29, 0.717) is 0 Å². The van der Waals surface area contributed by atoms with E-state index in [2.05, 4.69) is 40.3 Å². The molecule has 0 aliphatic heterocycles. The number of likely N-dealkylation sites (N-methyl/N-ethyl adjacent to an activating group) is 1. The maximum absolute atomic E-state index is 4.60. The van der Waals surface area contributed by atoms with Crippen molar-refractivity contribution >= 4 is 0 Å². The molecule has 1 heterocycles. The molecule has 0 saturated heterocycles. The number of aryl methyl sites for hydroxylation is 1. The van der Waals surface area contributed by atoms with Crippen molar-refractivity contribution in [1.29, 1.82) is 0 Å². The predicted octanol–water partition coefficient (Wildman–Crippen LogP) is 1.14. The van der Waals surface area contributed by atoms with E-state index in [0.717, 1.165) is 42.8 Å². The fraction of sp³-hybridized carbons (Fsp3) is 0.692. The summed E-state index contributed by atoms with van der Waals surface area (Å²) in [5, 5.41) is 3.49. The average molecular weight is 234 g/mol. The first-order valence-corrected chi connectivity index (χ1v) is 6.35. The molecule has 1 aromatic heterocycles. The molecule has 1 aliphatic rings. The van der Waals surface area contributed by atoms with Crippen molar-refractivity contribution in [2.45, 2.75) is 38.8 Å². The SMILES string of the molecule is Cc1cc(CNC2CC2)nc(CCN(C)C)n1. The lowest BCUT2D eigenvalue weighted by Gasteiger charge is -2.10. The summed E-state index contributed by atoms with van der Waals surface area (Å²) in [4.78, 5) is 11.2. The highest BCUT2D eigenvalue weighted by atomic mass is 15.1. The summed E-state index contributed by atoms with van der Waals surface area (Å²) >= 11 is 0. The molecule has 1 aliphatic carbocycles. The average Bonchev–Trinajstić information content (AvgIpc) is 3.07. The largest absolute Gasteiger partial charge is 0.309 e. The van der Waals surface area contributed by atoms with E-state index in [9.17, 15) is 0 Å². The van der Waals surface area contributed by atoms with Gasteiger partial charge >= 0.3 is 0 Å². The van der Waals surface area contributed by atoms with Gasteiger partial charge in [0.1, 0.15) is 5.82 Å². The molecule has 2 rings (SSSR count). The number of aromatic nitrogens is 2. The Balaban J connectivity index is 1.94. The molecule has 0 aromatic carbocycles. The molecule has 0 spiro atoms. The normalized spacial score (nSPS) is 15.5. The van der Waals surface area contributed by atoms with Crippen molar-refractivity contribution in [3.8, 4) is 0 Å². The maximum Gasteiger partial charge on any atom is 0.130 e. The van der Waals surface area contributed by atoms with Crippen molar-refractivity contribution in [1.82, 2.24) is 20.2 Å². The second-order valence-electron chi connectivity index (χ2n) is 5.13.